The van der Waals surface area contributed by atoms with E-state index in [0.29, 0.717) is 32.7 Å². The van der Waals surface area contributed by atoms with E-state index in [-0.39, 0.29) is 24.5 Å². The van der Waals surface area contributed by atoms with Crippen molar-refractivity contribution in [2.45, 2.75) is 25.7 Å². The number of rotatable bonds is 8. The Bertz CT molecular complexity index is 1040. The van der Waals surface area contributed by atoms with Gasteiger partial charge in [0.05, 0.1) is 32.8 Å². The van der Waals surface area contributed by atoms with Gasteiger partial charge in [0.2, 0.25) is 11.8 Å². The summed E-state index contributed by atoms with van der Waals surface area (Å²) in [5.74, 6) is 0.619. The lowest BCUT2D eigenvalue weighted by Gasteiger charge is -2.25. The molecule has 0 radical (unpaired) electrons. The highest BCUT2D eigenvalue weighted by atomic mass is 32.1. The molecule has 3 aromatic rings. The molecule has 1 fully saturated rings. The number of benzene rings is 1. The molecule has 1 saturated heterocycles. The monoisotopic (exact) mass is 465 g/mol. The topological polar surface area (TPSA) is 72.0 Å². The number of pyridine rings is 1. The molecular formula is C25H27N3O4S. The molecule has 1 aliphatic heterocycles. The number of aromatic nitrogens is 1. The van der Waals surface area contributed by atoms with Crippen LogP contribution in [0.15, 0.2) is 66.3 Å². The summed E-state index contributed by atoms with van der Waals surface area (Å²) in [7, 11) is 1.62. The molecule has 1 aliphatic rings. The maximum atomic E-state index is 13.1. The molecule has 3 heterocycles. The smallest absolute Gasteiger partial charge is 0.242 e. The van der Waals surface area contributed by atoms with Crippen LogP contribution in [0.1, 0.15) is 16.0 Å². The highest BCUT2D eigenvalue weighted by molar-refractivity contribution is 7.10. The molecule has 0 aliphatic carbocycles. The average Bonchev–Trinajstić information content (AvgIpc) is 3.29. The first kappa shape index (κ1) is 22.9. The second-order valence-electron chi connectivity index (χ2n) is 7.95. The number of ether oxygens (including phenoxy) is 2. The van der Waals surface area contributed by atoms with E-state index < -0.39 is 0 Å². The second-order valence-corrected chi connectivity index (χ2v) is 8.98. The number of carbonyl (C=O) groups excluding carboxylic acids is 2. The molecule has 1 atom stereocenters. The van der Waals surface area contributed by atoms with Gasteiger partial charge in [0, 0.05) is 36.9 Å². The molecule has 7 nitrogen and oxygen atoms in total. The summed E-state index contributed by atoms with van der Waals surface area (Å²) in [4.78, 5) is 34.6. The van der Waals surface area contributed by atoms with Gasteiger partial charge in [-0.05, 0) is 40.8 Å². The van der Waals surface area contributed by atoms with Gasteiger partial charge in [-0.2, -0.15) is 0 Å². The molecular weight excluding hydrogens is 438 g/mol. The van der Waals surface area contributed by atoms with Crippen molar-refractivity contribution < 1.29 is 19.1 Å². The Morgan fingerprint density at radius 2 is 1.97 bits per heavy atom. The molecule has 1 aromatic carbocycles. The average molecular weight is 466 g/mol. The van der Waals surface area contributed by atoms with Gasteiger partial charge < -0.3 is 19.3 Å². The van der Waals surface area contributed by atoms with E-state index in [4.69, 9.17) is 9.47 Å². The zero-order valence-corrected chi connectivity index (χ0v) is 19.4. The van der Waals surface area contributed by atoms with E-state index in [1.54, 1.807) is 40.6 Å². The normalized spacial score (nSPS) is 16.5. The van der Waals surface area contributed by atoms with Gasteiger partial charge in [0.25, 0.3) is 0 Å². The van der Waals surface area contributed by atoms with E-state index in [1.807, 2.05) is 53.9 Å². The summed E-state index contributed by atoms with van der Waals surface area (Å²) in [6.07, 6.45) is 3.47. The van der Waals surface area contributed by atoms with Gasteiger partial charge in [-0.25, -0.2) is 0 Å². The molecule has 172 valence electrons. The first-order valence-corrected chi connectivity index (χ1v) is 11.7. The quantitative estimate of drug-likeness (QED) is 0.511. The summed E-state index contributed by atoms with van der Waals surface area (Å²) >= 11 is 1.54. The van der Waals surface area contributed by atoms with Crippen molar-refractivity contribution in [2.75, 3.05) is 26.7 Å². The van der Waals surface area contributed by atoms with Crippen LogP contribution >= 0.6 is 11.3 Å². The number of hydrogen-bond acceptors (Lipinski definition) is 6. The van der Waals surface area contributed by atoms with E-state index >= 15 is 0 Å². The maximum Gasteiger partial charge on any atom is 0.242 e. The van der Waals surface area contributed by atoms with Crippen LogP contribution in [0.4, 0.5) is 0 Å². The van der Waals surface area contributed by atoms with Crippen LogP contribution in [0.5, 0.6) is 5.75 Å². The van der Waals surface area contributed by atoms with Gasteiger partial charge in [0.1, 0.15) is 5.75 Å². The van der Waals surface area contributed by atoms with Crippen LogP contribution in [0.25, 0.3) is 0 Å². The maximum absolute atomic E-state index is 13.1. The van der Waals surface area contributed by atoms with Crippen molar-refractivity contribution in [1.82, 2.24) is 14.8 Å². The lowest BCUT2D eigenvalue weighted by molar-refractivity contribution is -0.138. The third-order valence-corrected chi connectivity index (χ3v) is 6.40. The van der Waals surface area contributed by atoms with Crippen LogP contribution in [0.3, 0.4) is 0 Å². The predicted octanol–water partition coefficient (Wildman–Crippen LogP) is 3.15. The van der Waals surface area contributed by atoms with Crippen molar-refractivity contribution in [3.63, 3.8) is 0 Å². The van der Waals surface area contributed by atoms with Gasteiger partial charge in [0.15, 0.2) is 0 Å². The number of amides is 2. The van der Waals surface area contributed by atoms with Crippen molar-refractivity contribution >= 4 is 23.2 Å². The van der Waals surface area contributed by atoms with E-state index in [2.05, 4.69) is 4.98 Å². The molecule has 0 N–H and O–H groups in total. The first-order valence-electron chi connectivity index (χ1n) is 10.8. The summed E-state index contributed by atoms with van der Waals surface area (Å²) in [5.41, 5.74) is 1.94. The lowest BCUT2D eigenvalue weighted by Crippen LogP contribution is -2.40. The molecule has 0 saturated carbocycles. The highest BCUT2D eigenvalue weighted by Crippen LogP contribution is 2.18. The van der Waals surface area contributed by atoms with Crippen LogP contribution in [-0.2, 0) is 33.9 Å². The van der Waals surface area contributed by atoms with E-state index in [0.717, 1.165) is 21.8 Å². The number of carbonyl (C=O) groups is 2. The first-order chi connectivity index (χ1) is 16.1. The third-order valence-electron chi connectivity index (χ3n) is 5.53. The highest BCUT2D eigenvalue weighted by Gasteiger charge is 2.31. The molecule has 2 amide bonds. The Balaban J connectivity index is 1.48. The van der Waals surface area contributed by atoms with Crippen molar-refractivity contribution in [1.29, 1.82) is 0 Å². The Hall–Kier alpha value is -3.23. The second kappa shape index (κ2) is 11.1. The standard InChI is InChI=1S/C25H27N3O4S/c1-31-21-8-6-19(7-9-21)14-27-15-22(32-18-20-4-2-10-26-13-20)16-28(17-25(27)30)24(29)12-23-5-3-11-33-23/h2-11,13,22H,12,14-18H2,1H3/t22-/m0/s1. The Morgan fingerprint density at radius 3 is 2.67 bits per heavy atom. The van der Waals surface area contributed by atoms with Crippen molar-refractivity contribution in [3.8, 4) is 5.75 Å². The summed E-state index contributed by atoms with van der Waals surface area (Å²) < 4.78 is 11.4. The van der Waals surface area contributed by atoms with Gasteiger partial charge >= 0.3 is 0 Å². The van der Waals surface area contributed by atoms with Crippen LogP contribution < -0.4 is 4.74 Å². The van der Waals surface area contributed by atoms with E-state index in [9.17, 15) is 9.59 Å². The molecule has 0 spiro atoms. The minimum Gasteiger partial charge on any atom is -0.497 e. The molecule has 0 unspecified atom stereocenters. The largest absolute Gasteiger partial charge is 0.497 e. The molecule has 4 rings (SSSR count). The Morgan fingerprint density at radius 1 is 1.12 bits per heavy atom. The minimum absolute atomic E-state index is 0.0487. The number of methoxy groups -OCH3 is 1. The summed E-state index contributed by atoms with van der Waals surface area (Å²) in [6.45, 7) is 1.65. The lowest BCUT2D eigenvalue weighted by atomic mass is 10.2. The number of thiophene rings is 1. The Labute approximate surface area is 197 Å². The molecule has 8 heteroatoms. The zero-order valence-electron chi connectivity index (χ0n) is 18.6. The molecule has 0 bridgehead atoms. The molecule has 2 aromatic heterocycles. The van der Waals surface area contributed by atoms with Gasteiger partial charge in [-0.1, -0.05) is 24.3 Å². The van der Waals surface area contributed by atoms with E-state index in [1.165, 1.54) is 0 Å². The minimum atomic E-state index is -0.304. The Kier molecular flexibility index (Phi) is 7.70. The number of nitrogens with zero attached hydrogens (tertiary/aromatic N) is 3. The van der Waals surface area contributed by atoms with Crippen molar-refractivity contribution in [2.24, 2.45) is 0 Å². The van der Waals surface area contributed by atoms with Crippen molar-refractivity contribution in [3.05, 3.63) is 82.3 Å². The number of hydrogen-bond donors (Lipinski definition) is 0. The fraction of sp³-hybridized carbons (Fsp3) is 0.320. The summed E-state index contributed by atoms with van der Waals surface area (Å²) in [5, 5.41) is 1.95. The zero-order chi connectivity index (χ0) is 23.0. The van der Waals surface area contributed by atoms with Gasteiger partial charge in [-0.3, -0.25) is 14.6 Å². The predicted molar refractivity (Wildman–Crippen MR) is 126 cm³/mol. The SMILES string of the molecule is COc1ccc(CN2C[C@H](OCc3cccnc3)CN(C(=O)Cc3cccs3)CC2=O)cc1. The fourth-order valence-electron chi connectivity index (χ4n) is 3.75. The molecule has 33 heavy (non-hydrogen) atoms. The third kappa shape index (κ3) is 6.40. The van der Waals surface area contributed by atoms with Crippen LogP contribution in [0.2, 0.25) is 0 Å². The van der Waals surface area contributed by atoms with Crippen LogP contribution in [-0.4, -0.2) is 59.4 Å². The van der Waals surface area contributed by atoms with Gasteiger partial charge in [-0.15, -0.1) is 11.3 Å². The fourth-order valence-corrected chi connectivity index (χ4v) is 4.45. The van der Waals surface area contributed by atoms with Crippen LogP contribution in [0, 0.1) is 0 Å². The summed E-state index contributed by atoms with van der Waals surface area (Å²) in [6, 6.07) is 15.3.